The Morgan fingerprint density at radius 1 is 1.35 bits per heavy atom. The van der Waals surface area contributed by atoms with Crippen LogP contribution in [0.5, 0.6) is 0 Å². The number of allylic oxidation sites excluding steroid dienone is 4. The highest BCUT2D eigenvalue weighted by atomic mass is 16.5. The maximum absolute atomic E-state index is 12.5. The lowest BCUT2D eigenvalue weighted by molar-refractivity contribution is 0.0602. The second-order valence-corrected chi connectivity index (χ2v) is 4.78. The number of anilines is 1. The number of benzene rings is 1. The lowest BCUT2D eigenvalue weighted by Crippen LogP contribution is -2.25. The molecule has 0 bridgehead atoms. The Labute approximate surface area is 136 Å². The van der Waals surface area contributed by atoms with E-state index in [0.29, 0.717) is 12.1 Å². The van der Waals surface area contributed by atoms with Crippen LogP contribution in [0.15, 0.2) is 54.3 Å². The highest BCUT2D eigenvalue weighted by molar-refractivity contribution is 6.06. The van der Waals surface area contributed by atoms with Crippen LogP contribution in [-0.2, 0) is 4.74 Å². The Kier molecular flexibility index (Phi) is 6.80. The third-order valence-electron chi connectivity index (χ3n) is 3.27. The number of nitrogen functional groups attached to an aromatic ring is 1. The molecule has 0 spiro atoms. The molecule has 0 saturated heterocycles. The van der Waals surface area contributed by atoms with Gasteiger partial charge in [-0.05, 0) is 37.1 Å². The van der Waals surface area contributed by atoms with Crippen molar-refractivity contribution in [3.05, 3.63) is 65.4 Å². The van der Waals surface area contributed by atoms with Gasteiger partial charge in [-0.3, -0.25) is 4.79 Å². The van der Waals surface area contributed by atoms with Crippen molar-refractivity contribution in [3.8, 4) is 0 Å². The van der Waals surface area contributed by atoms with Crippen LogP contribution >= 0.6 is 0 Å². The lowest BCUT2D eigenvalue weighted by atomic mass is 10.1. The van der Waals surface area contributed by atoms with Crippen LogP contribution in [0, 0.1) is 0 Å². The molecule has 0 atom stereocenters. The molecule has 0 radical (unpaired) electrons. The third kappa shape index (κ3) is 4.57. The maximum atomic E-state index is 12.5. The monoisotopic (exact) mass is 314 g/mol. The fourth-order valence-electron chi connectivity index (χ4n) is 1.87. The number of para-hydroxylation sites is 1. The number of nitrogens with one attached hydrogen (secondary N) is 1. The summed E-state index contributed by atoms with van der Waals surface area (Å²) in [5.41, 5.74) is 7.79. The van der Waals surface area contributed by atoms with Gasteiger partial charge >= 0.3 is 5.97 Å². The average molecular weight is 314 g/mol. The van der Waals surface area contributed by atoms with Crippen molar-refractivity contribution in [2.75, 3.05) is 12.8 Å². The summed E-state index contributed by atoms with van der Waals surface area (Å²) in [6, 6.07) is 4.65. The first-order chi connectivity index (χ1) is 11.0. The lowest BCUT2D eigenvalue weighted by Gasteiger charge is -2.13. The molecule has 0 unspecified atom stereocenters. The number of nitrogens with two attached hydrogens (primary N) is 1. The van der Waals surface area contributed by atoms with Crippen LogP contribution in [0.4, 0.5) is 5.69 Å². The average Bonchev–Trinajstić information content (AvgIpc) is 2.57. The highest BCUT2D eigenvalue weighted by Gasteiger charge is 2.18. The Morgan fingerprint density at radius 2 is 2.00 bits per heavy atom. The molecule has 1 aromatic rings. The van der Waals surface area contributed by atoms with Crippen molar-refractivity contribution < 1.29 is 14.3 Å². The van der Waals surface area contributed by atoms with Gasteiger partial charge in [-0.2, -0.15) is 0 Å². The number of hydrogen-bond acceptors (Lipinski definition) is 4. The molecule has 0 fully saturated rings. The minimum atomic E-state index is -0.584. The van der Waals surface area contributed by atoms with Crippen molar-refractivity contribution in [3.63, 3.8) is 0 Å². The van der Waals surface area contributed by atoms with Gasteiger partial charge in [-0.25, -0.2) is 4.79 Å². The quantitative estimate of drug-likeness (QED) is 0.480. The van der Waals surface area contributed by atoms with E-state index in [9.17, 15) is 9.59 Å². The van der Waals surface area contributed by atoms with Crippen molar-refractivity contribution in [1.29, 1.82) is 0 Å². The zero-order valence-electron chi connectivity index (χ0n) is 13.7. The molecule has 0 saturated carbocycles. The number of carbonyl (C=O) groups excluding carboxylic acids is 2. The number of rotatable bonds is 6. The van der Waals surface area contributed by atoms with Crippen LogP contribution in [0.2, 0.25) is 0 Å². The SMILES string of the molecule is C=C(CC)C(=CC=CC)NC(=O)c1cccc(C(=O)OC)c1N. The van der Waals surface area contributed by atoms with Crippen LogP contribution in [-0.4, -0.2) is 19.0 Å². The topological polar surface area (TPSA) is 81.4 Å². The van der Waals surface area contributed by atoms with Gasteiger partial charge in [0.25, 0.3) is 5.91 Å². The van der Waals surface area contributed by atoms with Gasteiger partial charge in [0, 0.05) is 5.70 Å². The predicted molar refractivity (Wildman–Crippen MR) is 92.0 cm³/mol. The first kappa shape index (κ1) is 18.2. The Balaban J connectivity index is 3.14. The molecule has 23 heavy (non-hydrogen) atoms. The van der Waals surface area contributed by atoms with Gasteiger partial charge in [0.05, 0.1) is 23.9 Å². The molecule has 1 aromatic carbocycles. The van der Waals surface area contributed by atoms with Gasteiger partial charge in [0.1, 0.15) is 0 Å². The summed E-state index contributed by atoms with van der Waals surface area (Å²) in [5.74, 6) is -0.988. The van der Waals surface area contributed by atoms with Crippen molar-refractivity contribution >= 4 is 17.6 Å². The number of hydrogen-bond donors (Lipinski definition) is 2. The summed E-state index contributed by atoms with van der Waals surface area (Å²) in [6.45, 7) is 7.76. The minimum absolute atomic E-state index is 0.0874. The molecule has 1 amide bonds. The summed E-state index contributed by atoms with van der Waals surface area (Å²) in [7, 11) is 1.26. The van der Waals surface area contributed by atoms with Gasteiger partial charge in [-0.1, -0.05) is 31.7 Å². The van der Waals surface area contributed by atoms with E-state index in [1.54, 1.807) is 18.2 Å². The molecule has 0 aliphatic heterocycles. The Morgan fingerprint density at radius 3 is 2.57 bits per heavy atom. The summed E-state index contributed by atoms with van der Waals surface area (Å²) in [4.78, 5) is 24.1. The third-order valence-corrected chi connectivity index (χ3v) is 3.27. The van der Waals surface area contributed by atoms with E-state index in [1.165, 1.54) is 13.2 Å². The summed E-state index contributed by atoms with van der Waals surface area (Å²) >= 11 is 0. The number of carbonyl (C=O) groups is 2. The zero-order valence-corrected chi connectivity index (χ0v) is 13.7. The van der Waals surface area contributed by atoms with Gasteiger partial charge in [0.15, 0.2) is 0 Å². The van der Waals surface area contributed by atoms with E-state index >= 15 is 0 Å². The number of ether oxygens (including phenoxy) is 1. The van der Waals surface area contributed by atoms with E-state index in [4.69, 9.17) is 5.73 Å². The molecule has 0 aliphatic rings. The molecule has 0 aliphatic carbocycles. The smallest absolute Gasteiger partial charge is 0.339 e. The van der Waals surface area contributed by atoms with E-state index in [0.717, 1.165) is 5.57 Å². The van der Waals surface area contributed by atoms with Crippen LogP contribution < -0.4 is 11.1 Å². The number of amides is 1. The van der Waals surface area contributed by atoms with Gasteiger partial charge in [0.2, 0.25) is 0 Å². The molecule has 5 nitrogen and oxygen atoms in total. The molecule has 5 heteroatoms. The number of methoxy groups -OCH3 is 1. The van der Waals surface area contributed by atoms with Crippen LogP contribution in [0.25, 0.3) is 0 Å². The molecule has 0 heterocycles. The summed E-state index contributed by atoms with van der Waals surface area (Å²) in [5, 5.41) is 2.78. The van der Waals surface area contributed by atoms with E-state index in [-0.39, 0.29) is 16.8 Å². The molecular formula is C18H22N2O3. The van der Waals surface area contributed by atoms with Crippen LogP contribution in [0.1, 0.15) is 41.0 Å². The molecule has 3 N–H and O–H groups in total. The molecule has 122 valence electrons. The number of esters is 1. The molecular weight excluding hydrogens is 292 g/mol. The minimum Gasteiger partial charge on any atom is -0.465 e. The normalized spacial score (nSPS) is 11.3. The zero-order chi connectivity index (χ0) is 17.4. The predicted octanol–water partition coefficient (Wildman–Crippen LogP) is 3.21. The summed E-state index contributed by atoms with van der Waals surface area (Å²) < 4.78 is 4.66. The standard InChI is InChI=1S/C18H22N2O3/c1-5-7-11-15(12(3)6-2)20-17(21)13-9-8-10-14(16(13)19)18(22)23-4/h5,7-11H,3,6,19H2,1-2,4H3,(H,20,21). The Hall–Kier alpha value is -2.82. The summed E-state index contributed by atoms with van der Waals surface area (Å²) in [6.07, 6.45) is 6.12. The molecule has 1 rings (SSSR count). The van der Waals surface area contributed by atoms with E-state index in [1.807, 2.05) is 26.0 Å². The second kappa shape index (κ2) is 8.58. The Bertz CT molecular complexity index is 673. The first-order valence-corrected chi connectivity index (χ1v) is 7.25. The molecule has 0 aromatic heterocycles. The van der Waals surface area contributed by atoms with Gasteiger partial charge in [-0.15, -0.1) is 0 Å². The van der Waals surface area contributed by atoms with E-state index in [2.05, 4.69) is 16.6 Å². The largest absolute Gasteiger partial charge is 0.465 e. The van der Waals surface area contributed by atoms with Crippen molar-refractivity contribution in [1.82, 2.24) is 5.32 Å². The van der Waals surface area contributed by atoms with E-state index < -0.39 is 11.9 Å². The first-order valence-electron chi connectivity index (χ1n) is 7.25. The maximum Gasteiger partial charge on any atom is 0.339 e. The van der Waals surface area contributed by atoms with Crippen molar-refractivity contribution in [2.24, 2.45) is 0 Å². The second-order valence-electron chi connectivity index (χ2n) is 4.78. The fraction of sp³-hybridized carbons (Fsp3) is 0.222. The fourth-order valence-corrected chi connectivity index (χ4v) is 1.87. The van der Waals surface area contributed by atoms with Crippen molar-refractivity contribution in [2.45, 2.75) is 20.3 Å². The highest BCUT2D eigenvalue weighted by Crippen LogP contribution is 2.19. The van der Waals surface area contributed by atoms with Gasteiger partial charge < -0.3 is 15.8 Å². The van der Waals surface area contributed by atoms with Crippen LogP contribution in [0.3, 0.4) is 0 Å².